The molecule has 1 N–H and O–H groups in total. The molecule has 0 spiro atoms. The van der Waals surface area contributed by atoms with Crippen LogP contribution in [-0.4, -0.2) is 53.2 Å². The Bertz CT molecular complexity index is 1400. The Morgan fingerprint density at radius 2 is 1.74 bits per heavy atom. The lowest BCUT2D eigenvalue weighted by Crippen LogP contribution is -2.40. The number of hydrogen-bond donors (Lipinski definition) is 1. The monoisotopic (exact) mass is 497 g/mol. The van der Waals surface area contributed by atoms with Crippen LogP contribution in [-0.2, 0) is 39.9 Å². The Morgan fingerprint density at radius 3 is 2.34 bits per heavy atom. The molecule has 4 rings (SSSR count). The van der Waals surface area contributed by atoms with Crippen molar-refractivity contribution in [3.8, 4) is 0 Å². The smallest absolute Gasteiger partial charge is 0.325 e. The largest absolute Gasteiger partial charge is 0.327 e. The molecule has 0 bridgehead atoms. The van der Waals surface area contributed by atoms with Crippen molar-refractivity contribution in [2.24, 2.45) is 0 Å². The summed E-state index contributed by atoms with van der Waals surface area (Å²) in [4.78, 5) is 32.3. The van der Waals surface area contributed by atoms with Gasteiger partial charge in [0, 0.05) is 20.6 Å². The van der Waals surface area contributed by atoms with Crippen LogP contribution >= 0.6 is 0 Å². The average Bonchev–Trinajstić information content (AvgIpc) is 3.28. The zero-order chi connectivity index (χ0) is 25.5. The van der Waals surface area contributed by atoms with E-state index in [0.717, 1.165) is 28.2 Å². The number of aryl methyl sites for hydroxylation is 2. The lowest BCUT2D eigenvalue weighted by atomic mass is 9.91. The Kier molecular flexibility index (Phi) is 6.46. The van der Waals surface area contributed by atoms with Gasteiger partial charge in [-0.3, -0.25) is 9.69 Å². The number of nitrogens with zero attached hydrogens (tertiary/aromatic N) is 4. The van der Waals surface area contributed by atoms with Crippen LogP contribution in [0.5, 0.6) is 0 Å². The third-order valence-corrected chi connectivity index (χ3v) is 8.35. The van der Waals surface area contributed by atoms with Gasteiger partial charge in [-0.15, -0.1) is 0 Å². The predicted octanol–water partition coefficient (Wildman–Crippen LogP) is 3.23. The number of hydrogen-bond acceptors (Lipinski definition) is 5. The predicted molar refractivity (Wildman–Crippen MR) is 133 cm³/mol. The van der Waals surface area contributed by atoms with E-state index in [1.807, 2.05) is 35.8 Å². The van der Waals surface area contributed by atoms with Crippen molar-refractivity contribution in [2.75, 3.05) is 14.1 Å². The SMILES string of the molecule is CCCc1ccc(C2(C)NC(=O)N(Cc3nc4cc(S(=O)(=O)N(C)C)ccc4n3CC)C2=O)cc1. The number of benzene rings is 2. The number of imide groups is 1. The Hall–Kier alpha value is -3.24. The summed E-state index contributed by atoms with van der Waals surface area (Å²) in [6, 6.07) is 12.0. The summed E-state index contributed by atoms with van der Waals surface area (Å²) in [5, 5.41) is 2.85. The molecule has 0 saturated carbocycles. The normalized spacial score (nSPS) is 18.6. The second-order valence-corrected chi connectivity index (χ2v) is 11.3. The molecule has 186 valence electrons. The number of nitrogens with one attached hydrogen (secondary N) is 1. The van der Waals surface area contributed by atoms with Gasteiger partial charge >= 0.3 is 6.03 Å². The number of aromatic nitrogens is 2. The van der Waals surface area contributed by atoms with Gasteiger partial charge in [-0.1, -0.05) is 37.6 Å². The van der Waals surface area contributed by atoms with Crippen LogP contribution < -0.4 is 5.32 Å². The maximum Gasteiger partial charge on any atom is 0.325 e. The standard InChI is InChI=1S/C25H31N5O4S/c1-6-8-17-9-11-18(12-10-17)25(3)23(31)30(24(32)27-25)16-22-26-20-15-19(35(33,34)28(4)5)13-14-21(20)29(22)7-2/h9-15H,6-8,16H2,1-5H3,(H,27,32). The molecule has 1 unspecified atom stereocenters. The zero-order valence-electron chi connectivity index (χ0n) is 20.7. The number of imidazole rings is 1. The first-order valence-corrected chi connectivity index (χ1v) is 13.1. The lowest BCUT2D eigenvalue weighted by Gasteiger charge is -2.22. The minimum atomic E-state index is -3.62. The summed E-state index contributed by atoms with van der Waals surface area (Å²) < 4.78 is 28.1. The molecule has 3 amide bonds. The van der Waals surface area contributed by atoms with Crippen molar-refractivity contribution < 1.29 is 18.0 Å². The highest BCUT2D eigenvalue weighted by atomic mass is 32.2. The van der Waals surface area contributed by atoms with E-state index in [2.05, 4.69) is 17.2 Å². The molecule has 1 atom stereocenters. The van der Waals surface area contributed by atoms with Gasteiger partial charge in [0.2, 0.25) is 10.0 Å². The van der Waals surface area contributed by atoms with Crippen molar-refractivity contribution >= 4 is 33.0 Å². The molecule has 1 aliphatic heterocycles. The third-order valence-electron chi connectivity index (χ3n) is 6.54. The number of fused-ring (bicyclic) bond motifs is 1. The first-order chi connectivity index (χ1) is 16.5. The minimum absolute atomic E-state index is 0.0214. The molecule has 1 fully saturated rings. The second-order valence-electron chi connectivity index (χ2n) is 9.10. The van der Waals surface area contributed by atoms with Crippen molar-refractivity contribution in [2.45, 2.75) is 57.1 Å². The summed E-state index contributed by atoms with van der Waals surface area (Å²) >= 11 is 0. The van der Waals surface area contributed by atoms with Crippen molar-refractivity contribution in [1.29, 1.82) is 0 Å². The van der Waals surface area contributed by atoms with Gasteiger partial charge in [0.1, 0.15) is 11.4 Å². The van der Waals surface area contributed by atoms with Crippen LogP contribution in [0.2, 0.25) is 0 Å². The minimum Gasteiger partial charge on any atom is -0.327 e. The molecular weight excluding hydrogens is 466 g/mol. The quantitative estimate of drug-likeness (QED) is 0.481. The van der Waals surface area contributed by atoms with Gasteiger partial charge in [-0.2, -0.15) is 0 Å². The fourth-order valence-electron chi connectivity index (χ4n) is 4.48. The molecule has 35 heavy (non-hydrogen) atoms. The maximum absolute atomic E-state index is 13.4. The van der Waals surface area contributed by atoms with Crippen LogP contribution in [0.4, 0.5) is 4.79 Å². The highest BCUT2D eigenvalue weighted by Gasteiger charge is 2.49. The van der Waals surface area contributed by atoms with E-state index < -0.39 is 21.6 Å². The Balaban J connectivity index is 1.66. The molecule has 3 aromatic rings. The van der Waals surface area contributed by atoms with Gasteiger partial charge in [0.05, 0.1) is 22.5 Å². The van der Waals surface area contributed by atoms with E-state index in [4.69, 9.17) is 0 Å². The molecule has 0 aliphatic carbocycles. The van der Waals surface area contributed by atoms with Crippen molar-refractivity contribution in [3.05, 3.63) is 59.4 Å². The van der Waals surface area contributed by atoms with Gasteiger partial charge in [0.15, 0.2) is 0 Å². The number of urea groups is 1. The number of amides is 3. The highest BCUT2D eigenvalue weighted by molar-refractivity contribution is 7.89. The van der Waals surface area contributed by atoms with Gasteiger partial charge in [0.25, 0.3) is 5.91 Å². The summed E-state index contributed by atoms with van der Waals surface area (Å²) in [5.41, 5.74) is 1.96. The topological polar surface area (TPSA) is 105 Å². The van der Waals surface area contributed by atoms with Crippen molar-refractivity contribution in [1.82, 2.24) is 24.1 Å². The van der Waals surface area contributed by atoms with E-state index in [0.29, 0.717) is 17.9 Å². The van der Waals surface area contributed by atoms with E-state index in [1.54, 1.807) is 19.1 Å². The van der Waals surface area contributed by atoms with Gasteiger partial charge < -0.3 is 9.88 Å². The van der Waals surface area contributed by atoms with Crippen LogP contribution in [0.1, 0.15) is 44.1 Å². The lowest BCUT2D eigenvalue weighted by molar-refractivity contribution is -0.131. The average molecular weight is 498 g/mol. The molecule has 1 saturated heterocycles. The highest BCUT2D eigenvalue weighted by Crippen LogP contribution is 2.31. The summed E-state index contributed by atoms with van der Waals surface area (Å²) in [6.07, 6.45) is 1.98. The summed E-state index contributed by atoms with van der Waals surface area (Å²) in [5.74, 6) is 0.157. The van der Waals surface area contributed by atoms with Crippen molar-refractivity contribution in [3.63, 3.8) is 0 Å². The van der Waals surface area contributed by atoms with E-state index in [1.165, 1.54) is 30.6 Å². The van der Waals surface area contributed by atoms with Gasteiger partial charge in [-0.05, 0) is 49.6 Å². The van der Waals surface area contributed by atoms with E-state index in [-0.39, 0.29) is 17.3 Å². The third kappa shape index (κ3) is 4.21. The molecule has 2 aromatic carbocycles. The fraction of sp³-hybridized carbons (Fsp3) is 0.400. The van der Waals surface area contributed by atoms with Crippen LogP contribution in [0.25, 0.3) is 11.0 Å². The zero-order valence-corrected chi connectivity index (χ0v) is 21.5. The first-order valence-electron chi connectivity index (χ1n) is 11.7. The fourth-order valence-corrected chi connectivity index (χ4v) is 5.40. The Labute approximate surface area is 205 Å². The second kappa shape index (κ2) is 9.09. The molecular formula is C25H31N5O4S. The van der Waals surface area contributed by atoms with Crippen LogP contribution in [0.3, 0.4) is 0 Å². The maximum atomic E-state index is 13.4. The van der Waals surface area contributed by atoms with E-state index in [9.17, 15) is 18.0 Å². The van der Waals surface area contributed by atoms with Crippen LogP contribution in [0.15, 0.2) is 47.4 Å². The molecule has 10 heteroatoms. The van der Waals surface area contributed by atoms with Gasteiger partial charge in [-0.25, -0.2) is 22.5 Å². The number of rotatable bonds is 8. The number of sulfonamides is 1. The summed E-state index contributed by atoms with van der Waals surface area (Å²) in [7, 11) is -0.669. The van der Waals surface area contributed by atoms with E-state index >= 15 is 0 Å². The number of carbonyl (C=O) groups is 2. The number of carbonyl (C=O) groups excluding carboxylic acids is 2. The molecule has 0 radical (unpaired) electrons. The summed E-state index contributed by atoms with van der Waals surface area (Å²) in [6.45, 7) is 6.28. The molecule has 2 heterocycles. The first kappa shape index (κ1) is 24.9. The molecule has 1 aliphatic rings. The van der Waals surface area contributed by atoms with Crippen LogP contribution in [0, 0.1) is 0 Å². The molecule has 9 nitrogen and oxygen atoms in total. The Morgan fingerprint density at radius 1 is 1.06 bits per heavy atom. The molecule has 1 aromatic heterocycles.